The minimum absolute atomic E-state index is 0.529. The minimum Gasteiger partial charge on any atom is -0.426 e. The molecule has 6 nitrogen and oxygen atoms in total. The van der Waals surface area contributed by atoms with Gasteiger partial charge in [-0.05, 0) is 6.07 Å². The van der Waals surface area contributed by atoms with E-state index < -0.39 is 0 Å². The molecule has 1 aliphatic rings. The third-order valence-corrected chi connectivity index (χ3v) is 3.79. The Morgan fingerprint density at radius 2 is 2.00 bits per heavy atom. The maximum atomic E-state index is 5.87. The molecule has 0 radical (unpaired) electrons. The number of oxazole rings is 1. The Bertz CT molecular complexity index is 741. The fraction of sp³-hybridized carbons (Fsp3) is 0.333. The fourth-order valence-electron chi connectivity index (χ4n) is 2.68. The number of hydrogen-bond donors (Lipinski definition) is 1. The van der Waals surface area contributed by atoms with Crippen molar-refractivity contribution in [2.24, 2.45) is 0 Å². The van der Waals surface area contributed by atoms with Crippen LogP contribution < -0.4 is 5.32 Å². The van der Waals surface area contributed by atoms with Gasteiger partial charge in [-0.15, -0.1) is 0 Å². The number of aromatic nitrogens is 3. The van der Waals surface area contributed by atoms with Gasteiger partial charge in [0.05, 0.1) is 24.5 Å². The van der Waals surface area contributed by atoms with Gasteiger partial charge in [0, 0.05) is 31.6 Å². The number of nitrogens with one attached hydrogen (secondary N) is 1. The molecular formula is C15H17N5O. The van der Waals surface area contributed by atoms with Gasteiger partial charge in [-0.25, -0.2) is 0 Å². The second-order valence-corrected chi connectivity index (χ2v) is 5.25. The van der Waals surface area contributed by atoms with Crippen molar-refractivity contribution in [3.8, 4) is 6.01 Å². The van der Waals surface area contributed by atoms with Crippen LogP contribution in [0.5, 0.6) is 0 Å². The Labute approximate surface area is 122 Å². The van der Waals surface area contributed by atoms with E-state index >= 15 is 0 Å². The monoisotopic (exact) mass is 283 g/mol. The van der Waals surface area contributed by atoms with Crippen LogP contribution in [0.1, 0.15) is 5.76 Å². The summed E-state index contributed by atoms with van der Waals surface area (Å²) in [4.78, 5) is 6.73. The quantitative estimate of drug-likeness (QED) is 0.788. The lowest BCUT2D eigenvalue weighted by atomic mass is 10.3. The van der Waals surface area contributed by atoms with Gasteiger partial charge in [0.25, 0.3) is 0 Å². The summed E-state index contributed by atoms with van der Waals surface area (Å²) in [6.07, 6.45) is 3.63. The first-order valence-electron chi connectivity index (χ1n) is 7.21. The largest absolute Gasteiger partial charge is 0.426 e. The van der Waals surface area contributed by atoms with Crippen LogP contribution >= 0.6 is 0 Å². The van der Waals surface area contributed by atoms with Crippen LogP contribution in [0.2, 0.25) is 0 Å². The van der Waals surface area contributed by atoms with Crippen LogP contribution in [0, 0.1) is 0 Å². The highest BCUT2D eigenvalue weighted by molar-refractivity contribution is 5.79. The zero-order valence-electron chi connectivity index (χ0n) is 11.7. The molecule has 0 unspecified atom stereocenters. The maximum Gasteiger partial charge on any atom is 0.323 e. The Balaban J connectivity index is 1.59. The number of fused-ring (bicyclic) bond motifs is 1. The second kappa shape index (κ2) is 5.31. The fourth-order valence-corrected chi connectivity index (χ4v) is 2.68. The highest BCUT2D eigenvalue weighted by Crippen LogP contribution is 2.18. The first kappa shape index (κ1) is 12.6. The predicted molar refractivity (Wildman–Crippen MR) is 79.3 cm³/mol. The molecule has 4 rings (SSSR count). The van der Waals surface area contributed by atoms with Gasteiger partial charge < -0.3 is 9.73 Å². The van der Waals surface area contributed by atoms with Crippen molar-refractivity contribution in [1.82, 2.24) is 25.0 Å². The molecule has 1 N–H and O–H groups in total. The summed E-state index contributed by atoms with van der Waals surface area (Å²) in [7, 11) is 0. The molecule has 2 aromatic heterocycles. The summed E-state index contributed by atoms with van der Waals surface area (Å²) in [6.45, 7) is 4.95. The molecule has 1 aliphatic heterocycles. The minimum atomic E-state index is 0.529. The highest BCUT2D eigenvalue weighted by atomic mass is 16.4. The van der Waals surface area contributed by atoms with E-state index in [1.165, 1.54) is 0 Å². The van der Waals surface area contributed by atoms with Gasteiger partial charge in [0.15, 0.2) is 0 Å². The van der Waals surface area contributed by atoms with E-state index in [9.17, 15) is 0 Å². The van der Waals surface area contributed by atoms with E-state index in [1.54, 1.807) is 10.9 Å². The number of para-hydroxylation sites is 1. The summed E-state index contributed by atoms with van der Waals surface area (Å²) < 4.78 is 7.61. The zero-order valence-corrected chi connectivity index (χ0v) is 11.7. The molecule has 108 valence electrons. The van der Waals surface area contributed by atoms with Gasteiger partial charge >= 0.3 is 6.01 Å². The first-order chi connectivity index (χ1) is 10.4. The van der Waals surface area contributed by atoms with Crippen molar-refractivity contribution in [1.29, 1.82) is 0 Å². The van der Waals surface area contributed by atoms with Crippen LogP contribution in [0.3, 0.4) is 0 Å². The van der Waals surface area contributed by atoms with Crippen molar-refractivity contribution in [3.63, 3.8) is 0 Å². The zero-order chi connectivity index (χ0) is 14.1. The average molecular weight is 283 g/mol. The number of piperazine rings is 1. The summed E-state index contributed by atoms with van der Waals surface area (Å²) in [6, 6.07) is 8.57. The van der Waals surface area contributed by atoms with Crippen LogP contribution in [0.25, 0.3) is 16.9 Å². The molecule has 0 bridgehead atoms. The van der Waals surface area contributed by atoms with Gasteiger partial charge in [0.1, 0.15) is 5.76 Å². The molecule has 1 aromatic carbocycles. The van der Waals surface area contributed by atoms with Gasteiger partial charge in [-0.3, -0.25) is 4.90 Å². The van der Waals surface area contributed by atoms with E-state index in [0.717, 1.165) is 49.4 Å². The third kappa shape index (κ3) is 2.43. The van der Waals surface area contributed by atoms with Crippen molar-refractivity contribution < 1.29 is 4.42 Å². The standard InChI is InChI=1S/C15H17N5O/c1-2-4-14-12(3-1)9-18-20(14)15-17-10-13(21-15)11-19-7-5-16-6-8-19/h1-4,9-10,16H,5-8,11H2. The molecule has 0 amide bonds. The Morgan fingerprint density at radius 1 is 1.14 bits per heavy atom. The number of benzene rings is 1. The molecule has 0 saturated carbocycles. The first-order valence-corrected chi connectivity index (χ1v) is 7.21. The summed E-state index contributed by atoms with van der Waals surface area (Å²) in [5, 5.41) is 8.79. The molecule has 3 aromatic rings. The van der Waals surface area contributed by atoms with Crippen LogP contribution in [-0.4, -0.2) is 45.8 Å². The van der Waals surface area contributed by atoms with Crippen LogP contribution in [0.4, 0.5) is 0 Å². The van der Waals surface area contributed by atoms with E-state index in [-0.39, 0.29) is 0 Å². The van der Waals surface area contributed by atoms with Gasteiger partial charge in [-0.1, -0.05) is 18.2 Å². The molecule has 1 fully saturated rings. The van der Waals surface area contributed by atoms with Gasteiger partial charge in [0.2, 0.25) is 0 Å². The predicted octanol–water partition coefficient (Wildman–Crippen LogP) is 1.42. The number of rotatable bonds is 3. The SMILES string of the molecule is c1ccc2c(c1)cnn2-c1ncc(CN2CCNCC2)o1. The van der Waals surface area contributed by atoms with Crippen molar-refractivity contribution in [2.45, 2.75) is 6.54 Å². The van der Waals surface area contributed by atoms with Crippen molar-refractivity contribution >= 4 is 10.9 Å². The Morgan fingerprint density at radius 3 is 2.90 bits per heavy atom. The molecule has 0 aliphatic carbocycles. The van der Waals surface area contributed by atoms with E-state index in [1.807, 2.05) is 30.5 Å². The Hall–Kier alpha value is -2.18. The smallest absolute Gasteiger partial charge is 0.323 e. The van der Waals surface area contributed by atoms with Crippen LogP contribution in [-0.2, 0) is 6.54 Å². The summed E-state index contributed by atoms with van der Waals surface area (Å²) in [5.74, 6) is 0.881. The lowest BCUT2D eigenvalue weighted by Crippen LogP contribution is -2.42. The van der Waals surface area contributed by atoms with Crippen molar-refractivity contribution in [3.05, 3.63) is 42.4 Å². The topological polar surface area (TPSA) is 59.1 Å². The number of nitrogens with zero attached hydrogens (tertiary/aromatic N) is 4. The summed E-state index contributed by atoms with van der Waals surface area (Å²) >= 11 is 0. The lowest BCUT2D eigenvalue weighted by molar-refractivity contribution is 0.216. The molecule has 21 heavy (non-hydrogen) atoms. The molecule has 0 spiro atoms. The van der Waals surface area contributed by atoms with E-state index in [0.29, 0.717) is 6.01 Å². The lowest BCUT2D eigenvalue weighted by Gasteiger charge is -2.25. The molecule has 3 heterocycles. The second-order valence-electron chi connectivity index (χ2n) is 5.25. The average Bonchev–Trinajstić information content (AvgIpc) is 3.14. The van der Waals surface area contributed by atoms with Gasteiger partial charge in [-0.2, -0.15) is 14.8 Å². The summed E-state index contributed by atoms with van der Waals surface area (Å²) in [5.41, 5.74) is 1.01. The molecule has 6 heteroatoms. The molecule has 1 saturated heterocycles. The van der Waals surface area contributed by atoms with Crippen LogP contribution in [0.15, 0.2) is 41.1 Å². The number of hydrogen-bond acceptors (Lipinski definition) is 5. The normalized spacial score (nSPS) is 16.6. The molecule has 0 atom stereocenters. The van der Waals surface area contributed by atoms with E-state index in [4.69, 9.17) is 4.42 Å². The maximum absolute atomic E-state index is 5.87. The van der Waals surface area contributed by atoms with E-state index in [2.05, 4.69) is 20.3 Å². The van der Waals surface area contributed by atoms with Crippen molar-refractivity contribution in [2.75, 3.05) is 26.2 Å². The third-order valence-electron chi connectivity index (χ3n) is 3.79. The Kier molecular flexibility index (Phi) is 3.17. The highest BCUT2D eigenvalue weighted by Gasteiger charge is 2.14. The molecular weight excluding hydrogens is 266 g/mol.